The highest BCUT2D eigenvalue weighted by atomic mass is 16.6. The maximum atomic E-state index is 11.8. The number of benzene rings is 1. The lowest BCUT2D eigenvalue weighted by atomic mass is 10.1. The van der Waals surface area contributed by atoms with E-state index in [1.165, 1.54) is 12.1 Å². The Balaban J connectivity index is 2.04. The smallest absolute Gasteiger partial charge is 0.407 e. The number of nitro groups is 1. The van der Waals surface area contributed by atoms with Gasteiger partial charge >= 0.3 is 6.09 Å². The SMILES string of the molecule is CC(C)(C)OC(=O)NC1CCN(c2ccc([N+](=O)[O-])cc2C#N)C1. The molecule has 1 fully saturated rings. The van der Waals surface area contributed by atoms with E-state index in [-0.39, 0.29) is 17.3 Å². The lowest BCUT2D eigenvalue weighted by Crippen LogP contribution is -2.40. The van der Waals surface area contributed by atoms with Crippen LogP contribution in [-0.4, -0.2) is 35.7 Å². The van der Waals surface area contributed by atoms with Crippen LogP contribution in [0.4, 0.5) is 16.2 Å². The monoisotopic (exact) mass is 332 g/mol. The van der Waals surface area contributed by atoms with Crippen LogP contribution in [0.3, 0.4) is 0 Å². The lowest BCUT2D eigenvalue weighted by Gasteiger charge is -2.22. The van der Waals surface area contributed by atoms with Crippen LogP contribution in [0.5, 0.6) is 0 Å². The number of carbonyl (C=O) groups excluding carboxylic acids is 1. The average molecular weight is 332 g/mol. The number of amides is 1. The summed E-state index contributed by atoms with van der Waals surface area (Å²) in [5.41, 5.74) is 0.214. The van der Waals surface area contributed by atoms with Gasteiger partial charge in [-0.3, -0.25) is 10.1 Å². The Labute approximate surface area is 140 Å². The Morgan fingerprint density at radius 1 is 1.50 bits per heavy atom. The van der Waals surface area contributed by atoms with Gasteiger partial charge in [-0.2, -0.15) is 5.26 Å². The van der Waals surface area contributed by atoms with Gasteiger partial charge in [0.1, 0.15) is 11.7 Å². The summed E-state index contributed by atoms with van der Waals surface area (Å²) in [5, 5.41) is 22.9. The molecule has 0 bridgehead atoms. The molecule has 1 aliphatic rings. The van der Waals surface area contributed by atoms with E-state index in [4.69, 9.17) is 4.74 Å². The highest BCUT2D eigenvalue weighted by Crippen LogP contribution is 2.28. The second-order valence-electron chi connectivity index (χ2n) is 6.65. The molecule has 1 N–H and O–H groups in total. The second-order valence-corrected chi connectivity index (χ2v) is 6.65. The number of nitro benzene ring substituents is 1. The Bertz CT molecular complexity index is 690. The third-order valence-electron chi connectivity index (χ3n) is 3.56. The van der Waals surface area contributed by atoms with Crippen molar-refractivity contribution in [3.63, 3.8) is 0 Å². The molecular formula is C16H20N4O4. The number of anilines is 1. The molecule has 0 saturated carbocycles. The van der Waals surface area contributed by atoms with Crippen LogP contribution in [0.1, 0.15) is 32.8 Å². The maximum absolute atomic E-state index is 11.8. The number of hydrogen-bond donors (Lipinski definition) is 1. The van der Waals surface area contributed by atoms with Crippen LogP contribution >= 0.6 is 0 Å². The first-order valence-corrected chi connectivity index (χ1v) is 7.62. The molecule has 1 aromatic carbocycles. The standard InChI is InChI=1S/C16H20N4O4/c1-16(2,3)24-15(21)18-12-6-7-19(10-12)14-5-4-13(20(22)23)8-11(14)9-17/h4-5,8,12H,6-7,10H2,1-3H3,(H,18,21). The van der Waals surface area contributed by atoms with Crippen molar-refractivity contribution in [1.29, 1.82) is 5.26 Å². The summed E-state index contributed by atoms with van der Waals surface area (Å²) in [6.45, 7) is 6.55. The number of rotatable bonds is 3. The fourth-order valence-corrected chi connectivity index (χ4v) is 2.57. The Kier molecular flexibility index (Phi) is 4.93. The number of non-ortho nitro benzene ring substituents is 1. The summed E-state index contributed by atoms with van der Waals surface area (Å²) in [7, 11) is 0. The first kappa shape index (κ1) is 17.5. The van der Waals surface area contributed by atoms with Gasteiger partial charge < -0.3 is 15.0 Å². The van der Waals surface area contributed by atoms with E-state index in [0.29, 0.717) is 25.2 Å². The van der Waals surface area contributed by atoms with Gasteiger partial charge in [-0.05, 0) is 33.3 Å². The van der Waals surface area contributed by atoms with Crippen LogP contribution in [-0.2, 0) is 4.74 Å². The van der Waals surface area contributed by atoms with Crippen molar-refractivity contribution in [3.05, 3.63) is 33.9 Å². The van der Waals surface area contributed by atoms with E-state index in [0.717, 1.165) is 0 Å². The molecule has 0 radical (unpaired) electrons. The first-order valence-electron chi connectivity index (χ1n) is 7.62. The Morgan fingerprint density at radius 3 is 2.79 bits per heavy atom. The average Bonchev–Trinajstić information content (AvgIpc) is 2.92. The molecule has 0 spiro atoms. The topological polar surface area (TPSA) is 108 Å². The zero-order valence-corrected chi connectivity index (χ0v) is 13.9. The van der Waals surface area contributed by atoms with E-state index < -0.39 is 16.6 Å². The van der Waals surface area contributed by atoms with Crippen LogP contribution in [0.2, 0.25) is 0 Å². The summed E-state index contributed by atoms with van der Waals surface area (Å²) < 4.78 is 5.23. The van der Waals surface area contributed by atoms with Gasteiger partial charge in [0.2, 0.25) is 0 Å². The van der Waals surface area contributed by atoms with Crippen molar-refractivity contribution in [2.45, 2.75) is 38.8 Å². The fourth-order valence-electron chi connectivity index (χ4n) is 2.57. The van der Waals surface area contributed by atoms with E-state index in [9.17, 15) is 20.2 Å². The number of ether oxygens (including phenoxy) is 1. The minimum atomic E-state index is -0.561. The molecule has 8 nitrogen and oxygen atoms in total. The van der Waals surface area contributed by atoms with Gasteiger partial charge in [0.05, 0.1) is 22.2 Å². The minimum Gasteiger partial charge on any atom is -0.444 e. The van der Waals surface area contributed by atoms with E-state index in [1.54, 1.807) is 26.8 Å². The maximum Gasteiger partial charge on any atom is 0.407 e. The molecule has 8 heteroatoms. The minimum absolute atomic E-state index is 0.0958. The third-order valence-corrected chi connectivity index (χ3v) is 3.56. The molecule has 2 rings (SSSR count). The highest BCUT2D eigenvalue weighted by Gasteiger charge is 2.28. The van der Waals surface area contributed by atoms with Crippen LogP contribution in [0.25, 0.3) is 0 Å². The van der Waals surface area contributed by atoms with E-state index in [2.05, 4.69) is 5.32 Å². The van der Waals surface area contributed by atoms with Crippen LogP contribution < -0.4 is 10.2 Å². The number of alkyl carbamates (subject to hydrolysis) is 1. The van der Waals surface area contributed by atoms with Crippen LogP contribution in [0.15, 0.2) is 18.2 Å². The van der Waals surface area contributed by atoms with Crippen LogP contribution in [0, 0.1) is 21.4 Å². The molecule has 0 aliphatic carbocycles. The molecule has 1 saturated heterocycles. The van der Waals surface area contributed by atoms with Gasteiger partial charge in [0.15, 0.2) is 0 Å². The molecule has 1 amide bonds. The summed E-state index contributed by atoms with van der Waals surface area (Å²) in [4.78, 5) is 24.0. The van der Waals surface area contributed by atoms with E-state index >= 15 is 0 Å². The molecular weight excluding hydrogens is 312 g/mol. The summed E-state index contributed by atoms with van der Waals surface area (Å²) in [6, 6.07) is 6.12. The van der Waals surface area contributed by atoms with E-state index in [1.807, 2.05) is 11.0 Å². The quantitative estimate of drug-likeness (QED) is 0.673. The Morgan fingerprint density at radius 2 is 2.21 bits per heavy atom. The predicted molar refractivity (Wildman–Crippen MR) is 87.8 cm³/mol. The predicted octanol–water partition coefficient (Wildman–Crippen LogP) is 2.57. The van der Waals surface area contributed by atoms with Gasteiger partial charge in [-0.1, -0.05) is 0 Å². The lowest BCUT2D eigenvalue weighted by molar-refractivity contribution is -0.384. The molecule has 1 heterocycles. The second kappa shape index (κ2) is 6.74. The van der Waals surface area contributed by atoms with Gasteiger partial charge in [0.25, 0.3) is 5.69 Å². The number of hydrogen-bond acceptors (Lipinski definition) is 6. The van der Waals surface area contributed by atoms with Crippen molar-refractivity contribution in [2.75, 3.05) is 18.0 Å². The number of nitriles is 1. The van der Waals surface area contributed by atoms with Crippen molar-refractivity contribution in [3.8, 4) is 6.07 Å². The van der Waals surface area contributed by atoms with Gasteiger partial charge in [-0.25, -0.2) is 4.79 Å². The molecule has 24 heavy (non-hydrogen) atoms. The van der Waals surface area contributed by atoms with Crippen molar-refractivity contribution in [2.24, 2.45) is 0 Å². The van der Waals surface area contributed by atoms with Gasteiger partial charge in [-0.15, -0.1) is 0 Å². The zero-order chi connectivity index (χ0) is 17.9. The molecule has 0 aromatic heterocycles. The van der Waals surface area contributed by atoms with Gasteiger partial charge in [0, 0.05) is 25.2 Å². The summed E-state index contributed by atoms with van der Waals surface area (Å²) in [6.07, 6.45) is 0.236. The molecule has 1 atom stereocenters. The fraction of sp³-hybridized carbons (Fsp3) is 0.500. The summed E-state index contributed by atoms with van der Waals surface area (Å²) in [5.74, 6) is 0. The highest BCUT2D eigenvalue weighted by molar-refractivity contribution is 5.69. The number of nitrogens with one attached hydrogen (secondary N) is 1. The molecule has 1 aromatic rings. The molecule has 1 aliphatic heterocycles. The number of carbonyl (C=O) groups is 1. The molecule has 1 unspecified atom stereocenters. The van der Waals surface area contributed by atoms with Crippen molar-refractivity contribution < 1.29 is 14.5 Å². The summed E-state index contributed by atoms with van der Waals surface area (Å²) >= 11 is 0. The zero-order valence-electron chi connectivity index (χ0n) is 13.9. The Hall–Kier alpha value is -2.82. The normalized spacial score (nSPS) is 17.2. The largest absolute Gasteiger partial charge is 0.444 e. The first-order chi connectivity index (χ1) is 11.2. The molecule has 128 valence electrons. The van der Waals surface area contributed by atoms with Crippen molar-refractivity contribution >= 4 is 17.5 Å². The third kappa shape index (κ3) is 4.35. The van der Waals surface area contributed by atoms with Crippen molar-refractivity contribution in [1.82, 2.24) is 5.32 Å². The number of nitrogens with zero attached hydrogens (tertiary/aromatic N) is 3.